The first-order valence-corrected chi connectivity index (χ1v) is 9.17. The first kappa shape index (κ1) is 17.4. The van der Waals surface area contributed by atoms with Gasteiger partial charge in [0.25, 0.3) is 0 Å². The van der Waals surface area contributed by atoms with Crippen LogP contribution in [0.3, 0.4) is 0 Å². The number of hydrogen-bond acceptors (Lipinski definition) is 3. The average Bonchev–Trinajstić information content (AvgIpc) is 2.48. The molecule has 0 saturated carbocycles. The number of thioether (sulfide) groups is 1. The van der Waals surface area contributed by atoms with Crippen LogP contribution in [0.2, 0.25) is 0 Å². The summed E-state index contributed by atoms with van der Waals surface area (Å²) in [7, 11) is 0. The monoisotopic (exact) mass is 295 g/mol. The molecule has 0 unspecified atom stereocenters. The lowest BCUT2D eigenvalue weighted by atomic mass is 10.2. The van der Waals surface area contributed by atoms with Gasteiger partial charge in [0.2, 0.25) is 0 Å². The van der Waals surface area contributed by atoms with Crippen LogP contribution < -0.4 is 10.1 Å². The summed E-state index contributed by atoms with van der Waals surface area (Å²) < 4.78 is 5.65. The molecule has 1 aromatic rings. The van der Waals surface area contributed by atoms with Crippen LogP contribution in [0.4, 0.5) is 0 Å². The predicted octanol–water partition coefficient (Wildman–Crippen LogP) is 4.49. The quantitative estimate of drug-likeness (QED) is 0.574. The molecule has 20 heavy (non-hydrogen) atoms. The van der Waals surface area contributed by atoms with Gasteiger partial charge in [0, 0.05) is 6.54 Å². The van der Waals surface area contributed by atoms with Crippen LogP contribution in [0.5, 0.6) is 5.75 Å². The largest absolute Gasteiger partial charge is 0.494 e. The fraction of sp³-hybridized carbons (Fsp3) is 0.647. The molecular weight excluding hydrogens is 266 g/mol. The summed E-state index contributed by atoms with van der Waals surface area (Å²) in [5.74, 6) is 2.29. The van der Waals surface area contributed by atoms with Crippen molar-refractivity contribution in [1.82, 2.24) is 5.32 Å². The minimum Gasteiger partial charge on any atom is -0.494 e. The molecule has 0 atom stereocenters. The Labute approximate surface area is 128 Å². The first-order chi connectivity index (χ1) is 9.86. The highest BCUT2D eigenvalue weighted by molar-refractivity contribution is 7.98. The summed E-state index contributed by atoms with van der Waals surface area (Å²) in [6.07, 6.45) is 8.58. The third-order valence-corrected chi connectivity index (χ3v) is 3.85. The van der Waals surface area contributed by atoms with Crippen molar-refractivity contribution in [2.75, 3.05) is 25.2 Å². The molecule has 0 fully saturated rings. The van der Waals surface area contributed by atoms with Gasteiger partial charge in [0.05, 0.1) is 6.61 Å². The minimum absolute atomic E-state index is 0.799. The lowest BCUT2D eigenvalue weighted by Crippen LogP contribution is -2.14. The third-order valence-electron chi connectivity index (χ3n) is 3.15. The molecule has 0 aliphatic carbocycles. The number of unbranched alkanes of at least 4 members (excludes halogenated alkanes) is 3. The van der Waals surface area contributed by atoms with Crippen molar-refractivity contribution in [2.45, 2.75) is 45.6 Å². The number of ether oxygens (including phenoxy) is 1. The normalized spacial score (nSPS) is 10.7. The summed E-state index contributed by atoms with van der Waals surface area (Å²) in [4.78, 5) is 0. The molecule has 114 valence electrons. The van der Waals surface area contributed by atoms with Crippen LogP contribution in [-0.4, -0.2) is 25.2 Å². The Balaban J connectivity index is 2.09. The van der Waals surface area contributed by atoms with E-state index in [9.17, 15) is 0 Å². The smallest absolute Gasteiger partial charge is 0.119 e. The first-order valence-electron chi connectivity index (χ1n) is 7.78. The zero-order valence-electron chi connectivity index (χ0n) is 13.0. The third kappa shape index (κ3) is 8.49. The Morgan fingerprint density at radius 1 is 1.15 bits per heavy atom. The van der Waals surface area contributed by atoms with Gasteiger partial charge in [0.1, 0.15) is 5.75 Å². The van der Waals surface area contributed by atoms with E-state index in [1.807, 2.05) is 17.8 Å². The van der Waals surface area contributed by atoms with Crippen LogP contribution in [0.15, 0.2) is 24.3 Å². The predicted molar refractivity (Wildman–Crippen MR) is 90.8 cm³/mol. The Morgan fingerprint density at radius 3 is 2.80 bits per heavy atom. The summed E-state index contributed by atoms with van der Waals surface area (Å²) in [5, 5.41) is 3.52. The lowest BCUT2D eigenvalue weighted by Gasteiger charge is -2.08. The van der Waals surface area contributed by atoms with E-state index in [-0.39, 0.29) is 0 Å². The van der Waals surface area contributed by atoms with Gasteiger partial charge in [-0.15, -0.1) is 0 Å². The molecule has 0 aromatic heterocycles. The van der Waals surface area contributed by atoms with Gasteiger partial charge in [-0.3, -0.25) is 0 Å². The molecule has 1 aromatic carbocycles. The molecule has 0 aliphatic heterocycles. The van der Waals surface area contributed by atoms with Crippen molar-refractivity contribution >= 4 is 11.8 Å². The molecular formula is C17H29NOS. The van der Waals surface area contributed by atoms with Gasteiger partial charge in [-0.2, -0.15) is 11.8 Å². The maximum absolute atomic E-state index is 5.65. The Morgan fingerprint density at radius 2 is 2.00 bits per heavy atom. The summed E-state index contributed by atoms with van der Waals surface area (Å²) >= 11 is 1.95. The second-order valence-corrected chi connectivity index (χ2v) is 6.07. The molecule has 3 heteroatoms. The van der Waals surface area contributed by atoms with Crippen molar-refractivity contribution in [3.8, 4) is 5.75 Å². The maximum Gasteiger partial charge on any atom is 0.119 e. The average molecular weight is 295 g/mol. The maximum atomic E-state index is 5.65. The van der Waals surface area contributed by atoms with Crippen molar-refractivity contribution in [2.24, 2.45) is 0 Å². The summed E-state index contributed by atoms with van der Waals surface area (Å²) in [6.45, 7) is 4.98. The number of nitrogens with one attached hydrogen (secondary N) is 1. The van der Waals surface area contributed by atoms with Gasteiger partial charge in [-0.05, 0) is 55.5 Å². The minimum atomic E-state index is 0.799. The van der Waals surface area contributed by atoms with Crippen molar-refractivity contribution < 1.29 is 4.74 Å². The van der Waals surface area contributed by atoms with Crippen LogP contribution in [-0.2, 0) is 6.54 Å². The Kier molecular flexibility index (Phi) is 10.5. The van der Waals surface area contributed by atoms with Crippen molar-refractivity contribution in [1.29, 1.82) is 0 Å². The van der Waals surface area contributed by atoms with Crippen molar-refractivity contribution in [3.63, 3.8) is 0 Å². The zero-order valence-corrected chi connectivity index (χ0v) is 13.8. The molecule has 0 spiro atoms. The highest BCUT2D eigenvalue weighted by Gasteiger charge is 1.97. The number of hydrogen-bond donors (Lipinski definition) is 1. The van der Waals surface area contributed by atoms with E-state index in [0.717, 1.165) is 31.9 Å². The SMILES string of the molecule is CCCOc1cccc(CNCCCCCCSC)c1. The molecule has 1 N–H and O–H groups in total. The van der Waals surface area contributed by atoms with E-state index < -0.39 is 0 Å². The standard InChI is InChI=1S/C17H29NOS/c1-3-12-19-17-10-8-9-16(14-17)15-18-11-6-4-5-7-13-20-2/h8-10,14,18H,3-7,11-13,15H2,1-2H3. The van der Waals surface area contributed by atoms with E-state index in [0.29, 0.717) is 0 Å². The van der Waals surface area contributed by atoms with E-state index in [1.165, 1.54) is 37.0 Å². The van der Waals surface area contributed by atoms with Gasteiger partial charge < -0.3 is 10.1 Å². The van der Waals surface area contributed by atoms with Gasteiger partial charge in [-0.25, -0.2) is 0 Å². The molecule has 0 bridgehead atoms. The molecule has 0 amide bonds. The molecule has 2 nitrogen and oxygen atoms in total. The fourth-order valence-corrected chi connectivity index (χ4v) is 2.54. The second-order valence-electron chi connectivity index (χ2n) is 5.08. The fourth-order valence-electron chi connectivity index (χ4n) is 2.05. The Bertz CT molecular complexity index is 344. The summed E-state index contributed by atoms with van der Waals surface area (Å²) in [6, 6.07) is 8.40. The van der Waals surface area contributed by atoms with Crippen LogP contribution in [0.1, 0.15) is 44.6 Å². The molecule has 0 radical (unpaired) electrons. The highest BCUT2D eigenvalue weighted by atomic mass is 32.2. The molecule has 0 aliphatic rings. The lowest BCUT2D eigenvalue weighted by molar-refractivity contribution is 0.317. The number of rotatable bonds is 12. The number of benzene rings is 1. The molecule has 0 heterocycles. The topological polar surface area (TPSA) is 21.3 Å². The van der Waals surface area contributed by atoms with Gasteiger partial charge in [-0.1, -0.05) is 31.9 Å². The van der Waals surface area contributed by atoms with Crippen LogP contribution in [0, 0.1) is 0 Å². The van der Waals surface area contributed by atoms with Gasteiger partial charge in [0.15, 0.2) is 0 Å². The zero-order chi connectivity index (χ0) is 14.5. The van der Waals surface area contributed by atoms with E-state index in [2.05, 4.69) is 36.7 Å². The van der Waals surface area contributed by atoms with Gasteiger partial charge >= 0.3 is 0 Å². The van der Waals surface area contributed by atoms with Crippen LogP contribution >= 0.6 is 11.8 Å². The van der Waals surface area contributed by atoms with Crippen molar-refractivity contribution in [3.05, 3.63) is 29.8 Å². The van der Waals surface area contributed by atoms with Crippen LogP contribution in [0.25, 0.3) is 0 Å². The second kappa shape index (κ2) is 12.1. The van der Waals surface area contributed by atoms with E-state index in [4.69, 9.17) is 4.74 Å². The molecule has 1 rings (SSSR count). The Hall–Kier alpha value is -0.670. The van der Waals surface area contributed by atoms with E-state index in [1.54, 1.807) is 0 Å². The molecule has 0 saturated heterocycles. The summed E-state index contributed by atoms with van der Waals surface area (Å²) in [5.41, 5.74) is 1.31. The highest BCUT2D eigenvalue weighted by Crippen LogP contribution is 2.13. The van der Waals surface area contributed by atoms with E-state index >= 15 is 0 Å².